The molecule has 20 heavy (non-hydrogen) atoms. The van der Waals surface area contributed by atoms with Crippen LogP contribution in [0.25, 0.3) is 0 Å². The Hall–Kier alpha value is -2.29. The van der Waals surface area contributed by atoms with Gasteiger partial charge >= 0.3 is 0 Å². The SMILES string of the molecule is Cc1cccc(CCN(C)C(=O)c2ccc(N)cc2)c1. The molecule has 0 unspecified atom stereocenters. The molecule has 0 spiro atoms. The average Bonchev–Trinajstić information content (AvgIpc) is 2.45. The van der Waals surface area contributed by atoms with E-state index in [1.165, 1.54) is 11.1 Å². The molecule has 0 atom stereocenters. The van der Waals surface area contributed by atoms with E-state index in [1.807, 2.05) is 13.1 Å². The second-order valence-electron chi connectivity index (χ2n) is 5.09. The van der Waals surface area contributed by atoms with Gasteiger partial charge in [0.15, 0.2) is 0 Å². The van der Waals surface area contributed by atoms with E-state index in [9.17, 15) is 4.79 Å². The molecule has 104 valence electrons. The van der Waals surface area contributed by atoms with Gasteiger partial charge in [-0.15, -0.1) is 0 Å². The first-order valence-electron chi connectivity index (χ1n) is 6.73. The van der Waals surface area contributed by atoms with Crippen LogP contribution in [0.2, 0.25) is 0 Å². The zero-order valence-electron chi connectivity index (χ0n) is 12.0. The van der Waals surface area contributed by atoms with Gasteiger partial charge in [0.2, 0.25) is 0 Å². The molecule has 0 fully saturated rings. The summed E-state index contributed by atoms with van der Waals surface area (Å²) in [5.74, 6) is 0.0256. The molecular weight excluding hydrogens is 248 g/mol. The van der Waals surface area contributed by atoms with Crippen LogP contribution in [0.4, 0.5) is 5.69 Å². The average molecular weight is 268 g/mol. The van der Waals surface area contributed by atoms with E-state index in [1.54, 1.807) is 29.2 Å². The molecule has 0 aromatic heterocycles. The smallest absolute Gasteiger partial charge is 0.253 e. The molecule has 2 rings (SSSR count). The second-order valence-corrected chi connectivity index (χ2v) is 5.09. The largest absolute Gasteiger partial charge is 0.399 e. The molecule has 1 amide bonds. The molecule has 0 bridgehead atoms. The van der Waals surface area contributed by atoms with Crippen molar-refractivity contribution in [2.75, 3.05) is 19.3 Å². The first kappa shape index (κ1) is 14.1. The summed E-state index contributed by atoms with van der Waals surface area (Å²) in [6.07, 6.45) is 0.860. The quantitative estimate of drug-likeness (QED) is 0.867. The summed E-state index contributed by atoms with van der Waals surface area (Å²) in [6, 6.07) is 15.4. The Balaban J connectivity index is 1.96. The summed E-state index contributed by atoms with van der Waals surface area (Å²) in [4.78, 5) is 14.0. The number of nitrogens with two attached hydrogens (primary N) is 1. The van der Waals surface area contributed by atoms with E-state index in [2.05, 4.69) is 25.1 Å². The molecule has 2 aromatic rings. The number of amides is 1. The molecule has 0 aliphatic carbocycles. The van der Waals surface area contributed by atoms with Gasteiger partial charge in [0.05, 0.1) is 0 Å². The van der Waals surface area contributed by atoms with E-state index < -0.39 is 0 Å². The van der Waals surface area contributed by atoms with Crippen LogP contribution in [-0.2, 0) is 6.42 Å². The van der Waals surface area contributed by atoms with E-state index in [0.717, 1.165) is 6.42 Å². The molecule has 2 aromatic carbocycles. The maximum atomic E-state index is 12.2. The lowest BCUT2D eigenvalue weighted by atomic mass is 10.1. The van der Waals surface area contributed by atoms with Crippen LogP contribution < -0.4 is 5.73 Å². The highest BCUT2D eigenvalue weighted by Crippen LogP contribution is 2.09. The van der Waals surface area contributed by atoms with Crippen LogP contribution in [0.1, 0.15) is 21.5 Å². The van der Waals surface area contributed by atoms with Gasteiger partial charge in [-0.1, -0.05) is 29.8 Å². The van der Waals surface area contributed by atoms with Gasteiger partial charge in [0.25, 0.3) is 5.91 Å². The molecular formula is C17H20N2O. The maximum absolute atomic E-state index is 12.2. The third-order valence-corrected chi connectivity index (χ3v) is 3.32. The molecule has 3 nitrogen and oxygen atoms in total. The Kier molecular flexibility index (Phi) is 4.41. The van der Waals surface area contributed by atoms with Crippen molar-refractivity contribution in [2.45, 2.75) is 13.3 Å². The lowest BCUT2D eigenvalue weighted by molar-refractivity contribution is 0.0796. The number of rotatable bonds is 4. The number of carbonyl (C=O) groups excluding carboxylic acids is 1. The molecule has 0 aliphatic heterocycles. The van der Waals surface area contributed by atoms with Gasteiger partial charge < -0.3 is 10.6 Å². The van der Waals surface area contributed by atoms with Gasteiger partial charge in [-0.25, -0.2) is 0 Å². The van der Waals surface area contributed by atoms with Gasteiger partial charge in [-0.3, -0.25) is 4.79 Å². The molecule has 0 saturated carbocycles. The topological polar surface area (TPSA) is 46.3 Å². The van der Waals surface area contributed by atoms with Crippen molar-refractivity contribution in [3.63, 3.8) is 0 Å². The highest BCUT2D eigenvalue weighted by atomic mass is 16.2. The van der Waals surface area contributed by atoms with Crippen LogP contribution in [0, 0.1) is 6.92 Å². The predicted molar refractivity (Wildman–Crippen MR) is 82.7 cm³/mol. The third-order valence-electron chi connectivity index (χ3n) is 3.32. The number of nitrogens with zero attached hydrogens (tertiary/aromatic N) is 1. The zero-order chi connectivity index (χ0) is 14.5. The van der Waals surface area contributed by atoms with Crippen molar-refractivity contribution < 1.29 is 4.79 Å². The second kappa shape index (κ2) is 6.24. The minimum absolute atomic E-state index is 0.0256. The number of nitrogen functional groups attached to an aromatic ring is 1. The number of anilines is 1. The Morgan fingerprint density at radius 2 is 1.85 bits per heavy atom. The Morgan fingerprint density at radius 3 is 2.50 bits per heavy atom. The monoisotopic (exact) mass is 268 g/mol. The van der Waals surface area contributed by atoms with Gasteiger partial charge in [-0.05, 0) is 43.2 Å². The van der Waals surface area contributed by atoms with Crippen molar-refractivity contribution in [3.05, 3.63) is 65.2 Å². The zero-order valence-corrected chi connectivity index (χ0v) is 12.0. The molecule has 3 heteroatoms. The maximum Gasteiger partial charge on any atom is 0.253 e. The van der Waals surface area contributed by atoms with Crippen LogP contribution in [-0.4, -0.2) is 24.4 Å². The number of hydrogen-bond donors (Lipinski definition) is 1. The fraction of sp³-hybridized carbons (Fsp3) is 0.235. The lowest BCUT2D eigenvalue weighted by Crippen LogP contribution is -2.28. The first-order valence-corrected chi connectivity index (χ1v) is 6.73. The summed E-state index contributed by atoms with van der Waals surface area (Å²) in [7, 11) is 1.83. The normalized spacial score (nSPS) is 10.3. The molecule has 0 saturated heterocycles. The third kappa shape index (κ3) is 3.60. The van der Waals surface area contributed by atoms with Crippen molar-refractivity contribution in [2.24, 2.45) is 0 Å². The van der Waals surface area contributed by atoms with Crippen molar-refractivity contribution >= 4 is 11.6 Å². The number of aryl methyl sites for hydroxylation is 1. The minimum Gasteiger partial charge on any atom is -0.399 e. The molecule has 0 heterocycles. The Bertz CT molecular complexity index is 590. The Morgan fingerprint density at radius 1 is 1.15 bits per heavy atom. The molecule has 0 radical (unpaired) electrons. The first-order chi connectivity index (χ1) is 9.56. The van der Waals surface area contributed by atoms with E-state index in [4.69, 9.17) is 5.73 Å². The Labute approximate surface area is 120 Å². The van der Waals surface area contributed by atoms with E-state index >= 15 is 0 Å². The van der Waals surface area contributed by atoms with Gasteiger partial charge in [-0.2, -0.15) is 0 Å². The predicted octanol–water partition coefficient (Wildman–Crippen LogP) is 2.89. The van der Waals surface area contributed by atoms with Crippen molar-refractivity contribution in [1.29, 1.82) is 0 Å². The van der Waals surface area contributed by atoms with Crippen LogP contribution in [0.15, 0.2) is 48.5 Å². The van der Waals surface area contributed by atoms with Crippen molar-refractivity contribution in [1.82, 2.24) is 4.90 Å². The molecule has 0 aliphatic rings. The fourth-order valence-corrected chi connectivity index (χ4v) is 2.11. The standard InChI is InChI=1S/C17H20N2O/c1-13-4-3-5-14(12-13)10-11-19(2)17(20)15-6-8-16(18)9-7-15/h3-9,12H,10-11,18H2,1-2H3. The summed E-state index contributed by atoms with van der Waals surface area (Å²) >= 11 is 0. The van der Waals surface area contributed by atoms with Crippen LogP contribution in [0.5, 0.6) is 0 Å². The van der Waals surface area contributed by atoms with Crippen LogP contribution >= 0.6 is 0 Å². The number of carbonyl (C=O) groups is 1. The van der Waals surface area contributed by atoms with Gasteiger partial charge in [0.1, 0.15) is 0 Å². The number of likely N-dealkylation sites (N-methyl/N-ethyl adjacent to an activating group) is 1. The highest BCUT2D eigenvalue weighted by molar-refractivity contribution is 5.94. The van der Waals surface area contributed by atoms with Crippen LogP contribution in [0.3, 0.4) is 0 Å². The summed E-state index contributed by atoms with van der Waals surface area (Å²) in [5.41, 5.74) is 9.47. The molecule has 2 N–H and O–H groups in total. The minimum atomic E-state index is 0.0256. The summed E-state index contributed by atoms with van der Waals surface area (Å²) in [6.45, 7) is 2.78. The summed E-state index contributed by atoms with van der Waals surface area (Å²) < 4.78 is 0. The number of hydrogen-bond acceptors (Lipinski definition) is 2. The van der Waals surface area contributed by atoms with E-state index in [-0.39, 0.29) is 5.91 Å². The summed E-state index contributed by atoms with van der Waals surface area (Å²) in [5, 5.41) is 0. The van der Waals surface area contributed by atoms with Gasteiger partial charge in [0, 0.05) is 24.8 Å². The highest BCUT2D eigenvalue weighted by Gasteiger charge is 2.11. The fourth-order valence-electron chi connectivity index (χ4n) is 2.11. The lowest BCUT2D eigenvalue weighted by Gasteiger charge is -2.17. The number of benzene rings is 2. The van der Waals surface area contributed by atoms with Crippen molar-refractivity contribution in [3.8, 4) is 0 Å². The van der Waals surface area contributed by atoms with E-state index in [0.29, 0.717) is 17.8 Å².